The molecule has 11 heavy (non-hydrogen) atoms. The van der Waals surface area contributed by atoms with Crippen LogP contribution < -0.4 is 0 Å². The molecule has 62 valence electrons. The molecular formula is C8H13NO2. The predicted octanol–water partition coefficient (Wildman–Crippen LogP) is 1.35. The van der Waals surface area contributed by atoms with Crippen molar-refractivity contribution in [2.45, 2.75) is 19.9 Å². The standard InChI is InChI=1S/C8H13NO2/c1-6(2)9-8-7(10-3)4-5-11-8/h4,6H,5H2,1-3H3. The highest BCUT2D eigenvalue weighted by Crippen LogP contribution is 2.09. The van der Waals surface area contributed by atoms with E-state index in [4.69, 9.17) is 9.47 Å². The molecule has 0 saturated heterocycles. The van der Waals surface area contributed by atoms with Crippen molar-refractivity contribution in [1.82, 2.24) is 0 Å². The Morgan fingerprint density at radius 3 is 2.91 bits per heavy atom. The summed E-state index contributed by atoms with van der Waals surface area (Å²) >= 11 is 0. The van der Waals surface area contributed by atoms with Gasteiger partial charge in [0.15, 0.2) is 5.76 Å². The third-order valence-corrected chi connectivity index (χ3v) is 1.29. The predicted molar refractivity (Wildman–Crippen MR) is 43.6 cm³/mol. The molecule has 0 N–H and O–H groups in total. The lowest BCUT2D eigenvalue weighted by molar-refractivity contribution is 0.298. The van der Waals surface area contributed by atoms with Gasteiger partial charge in [-0.1, -0.05) is 0 Å². The van der Waals surface area contributed by atoms with Gasteiger partial charge in [-0.2, -0.15) is 0 Å². The maximum Gasteiger partial charge on any atom is 0.252 e. The normalized spacial score (nSPS) is 20.4. The molecule has 3 heteroatoms. The topological polar surface area (TPSA) is 30.8 Å². The molecule has 0 aromatic rings. The highest BCUT2D eigenvalue weighted by Gasteiger charge is 2.14. The monoisotopic (exact) mass is 155 g/mol. The molecule has 0 saturated carbocycles. The van der Waals surface area contributed by atoms with Crippen molar-refractivity contribution < 1.29 is 9.47 Å². The Kier molecular flexibility index (Phi) is 2.52. The van der Waals surface area contributed by atoms with Crippen LogP contribution in [0, 0.1) is 0 Å². The molecule has 0 fully saturated rings. The number of methoxy groups -OCH3 is 1. The summed E-state index contributed by atoms with van der Waals surface area (Å²) in [4.78, 5) is 4.23. The van der Waals surface area contributed by atoms with Crippen LogP contribution in [0.25, 0.3) is 0 Å². The number of nitrogens with zero attached hydrogens (tertiary/aromatic N) is 1. The second kappa shape index (κ2) is 3.42. The lowest BCUT2D eigenvalue weighted by atomic mass is 10.4. The summed E-state index contributed by atoms with van der Waals surface area (Å²) in [5, 5.41) is 0. The molecule has 0 amide bonds. The molecule has 1 rings (SSSR count). The van der Waals surface area contributed by atoms with Gasteiger partial charge in [0, 0.05) is 12.1 Å². The molecule has 0 aliphatic carbocycles. The van der Waals surface area contributed by atoms with Crippen LogP contribution in [0.4, 0.5) is 0 Å². The van der Waals surface area contributed by atoms with Gasteiger partial charge in [0.25, 0.3) is 5.90 Å². The number of rotatable bonds is 2. The first kappa shape index (κ1) is 8.11. The maximum atomic E-state index is 5.20. The molecule has 3 nitrogen and oxygen atoms in total. The molecular weight excluding hydrogens is 142 g/mol. The van der Waals surface area contributed by atoms with Crippen LogP contribution >= 0.6 is 0 Å². The van der Waals surface area contributed by atoms with E-state index in [1.807, 2.05) is 19.9 Å². The minimum Gasteiger partial charge on any atom is -0.491 e. The maximum absolute atomic E-state index is 5.20. The van der Waals surface area contributed by atoms with Crippen LogP contribution in [0.5, 0.6) is 0 Å². The van der Waals surface area contributed by atoms with Gasteiger partial charge in [0.1, 0.15) is 6.61 Å². The van der Waals surface area contributed by atoms with Gasteiger partial charge >= 0.3 is 0 Å². The van der Waals surface area contributed by atoms with Crippen molar-refractivity contribution in [3.8, 4) is 0 Å². The van der Waals surface area contributed by atoms with E-state index in [0.29, 0.717) is 12.5 Å². The molecule has 1 heterocycles. The molecule has 0 atom stereocenters. The number of hydrogen-bond acceptors (Lipinski definition) is 3. The Morgan fingerprint density at radius 2 is 2.36 bits per heavy atom. The van der Waals surface area contributed by atoms with Gasteiger partial charge in [-0.05, 0) is 13.8 Å². The second-order valence-electron chi connectivity index (χ2n) is 2.61. The first-order chi connectivity index (χ1) is 5.24. The average Bonchev–Trinajstić information content (AvgIpc) is 2.34. The third kappa shape index (κ3) is 1.97. The minimum atomic E-state index is 0.252. The van der Waals surface area contributed by atoms with E-state index in [1.54, 1.807) is 7.11 Å². The van der Waals surface area contributed by atoms with E-state index >= 15 is 0 Å². The van der Waals surface area contributed by atoms with Crippen LogP contribution in [0.3, 0.4) is 0 Å². The SMILES string of the molecule is COC1=CCOC1=NC(C)C. The van der Waals surface area contributed by atoms with Crippen molar-refractivity contribution in [3.63, 3.8) is 0 Å². The van der Waals surface area contributed by atoms with Gasteiger partial charge in [-0.3, -0.25) is 0 Å². The molecule has 0 unspecified atom stereocenters. The smallest absolute Gasteiger partial charge is 0.252 e. The Balaban J connectivity index is 2.66. The fourth-order valence-corrected chi connectivity index (χ4v) is 0.861. The van der Waals surface area contributed by atoms with E-state index < -0.39 is 0 Å². The molecule has 0 spiro atoms. The molecule has 1 aliphatic heterocycles. The van der Waals surface area contributed by atoms with Crippen LogP contribution in [-0.2, 0) is 9.47 Å². The van der Waals surface area contributed by atoms with Crippen molar-refractivity contribution in [1.29, 1.82) is 0 Å². The molecule has 1 aliphatic rings. The van der Waals surface area contributed by atoms with Gasteiger partial charge in [0.2, 0.25) is 0 Å². The van der Waals surface area contributed by atoms with Gasteiger partial charge in [-0.15, -0.1) is 0 Å². The molecule has 0 radical (unpaired) electrons. The Bertz CT molecular complexity index is 194. The largest absolute Gasteiger partial charge is 0.491 e. The number of hydrogen-bond donors (Lipinski definition) is 0. The van der Waals surface area contributed by atoms with E-state index in [9.17, 15) is 0 Å². The second-order valence-corrected chi connectivity index (χ2v) is 2.61. The van der Waals surface area contributed by atoms with Gasteiger partial charge < -0.3 is 9.47 Å². The summed E-state index contributed by atoms with van der Waals surface area (Å²) in [5.41, 5.74) is 0. The van der Waals surface area contributed by atoms with Crippen molar-refractivity contribution >= 4 is 5.90 Å². The highest BCUT2D eigenvalue weighted by molar-refractivity contribution is 5.93. The van der Waals surface area contributed by atoms with Crippen molar-refractivity contribution in [3.05, 3.63) is 11.8 Å². The zero-order chi connectivity index (χ0) is 8.27. The van der Waals surface area contributed by atoms with E-state index in [-0.39, 0.29) is 6.04 Å². The Morgan fingerprint density at radius 1 is 1.64 bits per heavy atom. The lowest BCUT2D eigenvalue weighted by Crippen LogP contribution is -2.06. The van der Waals surface area contributed by atoms with Crippen LogP contribution in [-0.4, -0.2) is 25.7 Å². The average molecular weight is 155 g/mol. The van der Waals surface area contributed by atoms with Crippen LogP contribution in [0.2, 0.25) is 0 Å². The van der Waals surface area contributed by atoms with Crippen molar-refractivity contribution in [2.24, 2.45) is 4.99 Å². The van der Waals surface area contributed by atoms with Gasteiger partial charge in [-0.25, -0.2) is 4.99 Å². The minimum absolute atomic E-state index is 0.252. The van der Waals surface area contributed by atoms with E-state index in [0.717, 1.165) is 5.76 Å². The third-order valence-electron chi connectivity index (χ3n) is 1.29. The summed E-state index contributed by atoms with van der Waals surface area (Å²) in [6.07, 6.45) is 1.88. The molecule has 0 aromatic heterocycles. The molecule has 0 bridgehead atoms. The summed E-state index contributed by atoms with van der Waals surface area (Å²) in [5.74, 6) is 1.38. The Hall–Kier alpha value is -0.990. The first-order valence-electron chi connectivity index (χ1n) is 3.69. The summed E-state index contributed by atoms with van der Waals surface area (Å²) in [6.45, 7) is 4.58. The highest BCUT2D eigenvalue weighted by atomic mass is 16.5. The van der Waals surface area contributed by atoms with Gasteiger partial charge in [0.05, 0.1) is 7.11 Å². The van der Waals surface area contributed by atoms with E-state index in [2.05, 4.69) is 4.99 Å². The summed E-state index contributed by atoms with van der Waals surface area (Å²) in [6, 6.07) is 0.252. The summed E-state index contributed by atoms with van der Waals surface area (Å²) in [7, 11) is 1.62. The first-order valence-corrected chi connectivity index (χ1v) is 3.69. The summed E-state index contributed by atoms with van der Waals surface area (Å²) < 4.78 is 10.2. The van der Waals surface area contributed by atoms with E-state index in [1.165, 1.54) is 0 Å². The van der Waals surface area contributed by atoms with Crippen LogP contribution in [0.1, 0.15) is 13.8 Å². The lowest BCUT2D eigenvalue weighted by Gasteiger charge is -2.03. The zero-order valence-electron chi connectivity index (χ0n) is 7.13. The number of aliphatic imine (C=N–C) groups is 1. The Labute approximate surface area is 66.7 Å². The quantitative estimate of drug-likeness (QED) is 0.602. The molecule has 0 aromatic carbocycles. The zero-order valence-corrected chi connectivity index (χ0v) is 7.13. The van der Waals surface area contributed by atoms with Crippen molar-refractivity contribution in [2.75, 3.05) is 13.7 Å². The number of ether oxygens (including phenoxy) is 2. The van der Waals surface area contributed by atoms with Crippen LogP contribution in [0.15, 0.2) is 16.8 Å². The fourth-order valence-electron chi connectivity index (χ4n) is 0.861. The fraction of sp³-hybridized carbons (Fsp3) is 0.625.